The molecule has 0 aliphatic rings. The fourth-order valence-corrected chi connectivity index (χ4v) is 4.02. The van der Waals surface area contributed by atoms with Crippen LogP contribution in [0.1, 0.15) is 5.56 Å². The summed E-state index contributed by atoms with van der Waals surface area (Å²) in [7, 11) is 0.364. The molecule has 10 nitrogen and oxygen atoms in total. The van der Waals surface area contributed by atoms with Gasteiger partial charge in [-0.05, 0) is 29.8 Å². The quantitative estimate of drug-likeness (QED) is 0.315. The number of nitrogens with zero attached hydrogens (tertiary/aromatic N) is 3. The van der Waals surface area contributed by atoms with E-state index in [0.717, 1.165) is 5.41 Å². The van der Waals surface area contributed by atoms with Gasteiger partial charge in [0.1, 0.15) is 0 Å². The van der Waals surface area contributed by atoms with E-state index in [1.807, 2.05) is 18.2 Å². The maximum Gasteiger partial charge on any atom is 0.263 e. The van der Waals surface area contributed by atoms with Crippen LogP contribution in [0.15, 0.2) is 78.3 Å². The van der Waals surface area contributed by atoms with Crippen LogP contribution in [-0.4, -0.2) is 44.7 Å². The van der Waals surface area contributed by atoms with E-state index in [9.17, 15) is 8.42 Å². The van der Waals surface area contributed by atoms with Crippen LogP contribution in [0.5, 0.6) is 29.0 Å². The van der Waals surface area contributed by atoms with E-state index < -0.39 is 10.0 Å². The Hall–Kier alpha value is -4.64. The Morgan fingerprint density at radius 3 is 2.19 bits per heavy atom. The van der Waals surface area contributed by atoms with Crippen molar-refractivity contribution in [2.75, 3.05) is 26.1 Å². The number of methoxy groups -OCH3 is 3. The Morgan fingerprint density at radius 2 is 1.54 bits per heavy atom. The number of pyridine rings is 1. The monoisotopic (exact) mass is 520 g/mol. The van der Waals surface area contributed by atoms with Crippen LogP contribution < -0.4 is 23.7 Å². The van der Waals surface area contributed by atoms with Gasteiger partial charge < -0.3 is 18.9 Å². The summed E-state index contributed by atoms with van der Waals surface area (Å²) in [6.07, 6.45) is 2.97. The third-order valence-electron chi connectivity index (χ3n) is 4.99. The number of aromatic nitrogens is 3. The van der Waals surface area contributed by atoms with Crippen molar-refractivity contribution in [1.82, 2.24) is 15.0 Å². The van der Waals surface area contributed by atoms with Gasteiger partial charge in [-0.1, -0.05) is 42.5 Å². The molecular weight excluding hydrogens is 496 g/mol. The molecule has 4 aromatic rings. The van der Waals surface area contributed by atoms with E-state index in [1.165, 1.54) is 33.6 Å². The van der Waals surface area contributed by atoms with Crippen LogP contribution in [0.25, 0.3) is 17.5 Å². The minimum atomic E-state index is -4.02. The molecule has 2 aromatic carbocycles. The molecule has 0 aliphatic carbocycles. The van der Waals surface area contributed by atoms with Gasteiger partial charge in [0.15, 0.2) is 23.1 Å². The van der Waals surface area contributed by atoms with E-state index in [-0.39, 0.29) is 23.3 Å². The summed E-state index contributed by atoms with van der Waals surface area (Å²) in [5, 5.41) is 1.04. The SMILES string of the molecule is COc1ccc(-c2nc(NS(=O)(=O)/C=C/c3ccccc3)c(Oc3ccccc3OC)c(OC)n2)cn1. The first-order valence-corrected chi connectivity index (χ1v) is 12.5. The second-order valence-electron chi connectivity index (χ2n) is 7.44. The van der Waals surface area contributed by atoms with Crippen LogP contribution in [0, 0.1) is 0 Å². The molecule has 0 radical (unpaired) electrons. The molecule has 4 rings (SSSR count). The lowest BCUT2D eigenvalue weighted by atomic mass is 10.2. The van der Waals surface area contributed by atoms with Crippen LogP contribution in [0.2, 0.25) is 0 Å². The molecule has 2 aromatic heterocycles. The van der Waals surface area contributed by atoms with Crippen molar-refractivity contribution in [3.63, 3.8) is 0 Å². The number of ether oxygens (including phenoxy) is 4. The minimum Gasteiger partial charge on any atom is -0.493 e. The zero-order valence-corrected chi connectivity index (χ0v) is 21.1. The molecule has 2 heterocycles. The van der Waals surface area contributed by atoms with Crippen molar-refractivity contribution >= 4 is 21.9 Å². The van der Waals surface area contributed by atoms with Gasteiger partial charge in [-0.3, -0.25) is 4.72 Å². The van der Waals surface area contributed by atoms with Crippen LogP contribution >= 0.6 is 0 Å². The highest BCUT2D eigenvalue weighted by molar-refractivity contribution is 7.95. The summed E-state index contributed by atoms with van der Waals surface area (Å²) in [5.41, 5.74) is 1.21. The van der Waals surface area contributed by atoms with Gasteiger partial charge in [0.25, 0.3) is 15.9 Å². The first kappa shape index (κ1) is 25.5. The predicted molar refractivity (Wildman–Crippen MR) is 139 cm³/mol. The number of anilines is 1. The Kier molecular flexibility index (Phi) is 7.84. The summed E-state index contributed by atoms with van der Waals surface area (Å²) in [6.45, 7) is 0. The van der Waals surface area contributed by atoms with Crippen molar-refractivity contribution < 1.29 is 27.4 Å². The van der Waals surface area contributed by atoms with Crippen LogP contribution in [0.4, 0.5) is 5.82 Å². The molecule has 0 atom stereocenters. The average molecular weight is 521 g/mol. The van der Waals surface area contributed by atoms with Gasteiger partial charge in [0, 0.05) is 17.8 Å². The fraction of sp³-hybridized carbons (Fsp3) is 0.115. The molecule has 0 saturated carbocycles. The number of sulfonamides is 1. The van der Waals surface area contributed by atoms with Gasteiger partial charge >= 0.3 is 0 Å². The van der Waals surface area contributed by atoms with E-state index >= 15 is 0 Å². The number of para-hydroxylation sites is 2. The lowest BCUT2D eigenvalue weighted by molar-refractivity contribution is 0.348. The standard InChI is InChI=1S/C26H24N4O6S/c1-33-20-11-7-8-12-21(20)36-23-25(30-37(31,32)16-15-18-9-5-4-6-10-18)28-24(29-26(23)35-3)19-13-14-22(34-2)27-17-19/h4-17H,1-3H3,(H,28,29,30)/b16-15+. The first-order chi connectivity index (χ1) is 17.9. The van der Waals surface area contributed by atoms with Crippen molar-refractivity contribution in [2.45, 2.75) is 0 Å². The van der Waals surface area contributed by atoms with Gasteiger partial charge in [-0.25, -0.2) is 18.4 Å². The molecule has 11 heteroatoms. The van der Waals surface area contributed by atoms with Crippen molar-refractivity contribution in [1.29, 1.82) is 0 Å². The van der Waals surface area contributed by atoms with Crippen LogP contribution in [0.3, 0.4) is 0 Å². The molecule has 0 amide bonds. The minimum absolute atomic E-state index is 0.00327. The van der Waals surface area contributed by atoms with Gasteiger partial charge in [0.2, 0.25) is 11.6 Å². The largest absolute Gasteiger partial charge is 0.493 e. The maximum absolute atomic E-state index is 13.0. The number of nitrogens with one attached hydrogen (secondary N) is 1. The summed E-state index contributed by atoms with van der Waals surface area (Å²) >= 11 is 0. The second kappa shape index (κ2) is 11.4. The summed E-state index contributed by atoms with van der Waals surface area (Å²) in [5.74, 6) is 1.10. The highest BCUT2D eigenvalue weighted by atomic mass is 32.2. The average Bonchev–Trinajstić information content (AvgIpc) is 2.93. The maximum atomic E-state index is 13.0. The molecule has 0 fully saturated rings. The Balaban J connectivity index is 1.80. The van der Waals surface area contributed by atoms with E-state index in [2.05, 4.69) is 19.7 Å². The number of hydrogen-bond donors (Lipinski definition) is 1. The van der Waals surface area contributed by atoms with Crippen molar-refractivity contribution in [3.8, 4) is 40.4 Å². The first-order valence-electron chi connectivity index (χ1n) is 11.0. The highest BCUT2D eigenvalue weighted by Gasteiger charge is 2.23. The lowest BCUT2D eigenvalue weighted by Gasteiger charge is -2.16. The van der Waals surface area contributed by atoms with E-state index in [0.29, 0.717) is 28.5 Å². The predicted octanol–water partition coefficient (Wildman–Crippen LogP) is 4.77. The molecule has 0 saturated heterocycles. The molecule has 0 bridgehead atoms. The molecule has 190 valence electrons. The molecular formula is C26H24N4O6S. The van der Waals surface area contributed by atoms with E-state index in [1.54, 1.807) is 48.5 Å². The highest BCUT2D eigenvalue weighted by Crippen LogP contribution is 2.41. The fourth-order valence-electron chi connectivity index (χ4n) is 3.21. The molecule has 0 unspecified atom stereocenters. The molecule has 0 spiro atoms. The third-order valence-corrected chi connectivity index (χ3v) is 5.96. The number of hydrogen-bond acceptors (Lipinski definition) is 9. The lowest BCUT2D eigenvalue weighted by Crippen LogP contribution is -2.13. The zero-order valence-electron chi connectivity index (χ0n) is 20.3. The number of rotatable bonds is 10. The Morgan fingerprint density at radius 1 is 0.811 bits per heavy atom. The normalized spacial score (nSPS) is 11.2. The Bertz CT molecular complexity index is 1490. The van der Waals surface area contributed by atoms with E-state index in [4.69, 9.17) is 18.9 Å². The molecule has 0 aliphatic heterocycles. The summed E-state index contributed by atoms with van der Waals surface area (Å²) < 4.78 is 50.5. The third kappa shape index (κ3) is 6.33. The summed E-state index contributed by atoms with van der Waals surface area (Å²) in [6, 6.07) is 19.2. The molecule has 37 heavy (non-hydrogen) atoms. The van der Waals surface area contributed by atoms with Crippen LogP contribution in [-0.2, 0) is 10.0 Å². The van der Waals surface area contributed by atoms with Crippen molar-refractivity contribution in [3.05, 3.63) is 83.9 Å². The zero-order chi connectivity index (χ0) is 26.3. The topological polar surface area (TPSA) is 122 Å². The number of benzene rings is 2. The van der Waals surface area contributed by atoms with Crippen molar-refractivity contribution in [2.24, 2.45) is 0 Å². The van der Waals surface area contributed by atoms with Gasteiger partial charge in [-0.15, -0.1) is 0 Å². The van der Waals surface area contributed by atoms with Gasteiger partial charge in [-0.2, -0.15) is 4.98 Å². The van der Waals surface area contributed by atoms with Gasteiger partial charge in [0.05, 0.1) is 26.7 Å². The second-order valence-corrected chi connectivity index (χ2v) is 9.00. The Labute approximate surface area is 214 Å². The smallest absolute Gasteiger partial charge is 0.263 e. The summed E-state index contributed by atoms with van der Waals surface area (Å²) in [4.78, 5) is 13.0. The molecule has 1 N–H and O–H groups in total.